The van der Waals surface area contributed by atoms with Crippen molar-refractivity contribution in [1.82, 2.24) is 15.0 Å². The number of rotatable bonds is 2. The molecule has 1 heterocycles. The number of anilines is 1. The van der Waals surface area contributed by atoms with Crippen LogP contribution in [0.5, 0.6) is 5.75 Å². The molecule has 1 aliphatic rings. The Labute approximate surface area is 98.9 Å². The van der Waals surface area contributed by atoms with E-state index >= 15 is 0 Å². The Morgan fingerprint density at radius 1 is 1.29 bits per heavy atom. The van der Waals surface area contributed by atoms with E-state index in [2.05, 4.69) is 10.3 Å². The van der Waals surface area contributed by atoms with Crippen LogP contribution in [0.15, 0.2) is 24.3 Å². The first-order valence-electron chi connectivity index (χ1n) is 5.77. The van der Waals surface area contributed by atoms with Gasteiger partial charge < -0.3 is 10.8 Å². The molecule has 17 heavy (non-hydrogen) atoms. The normalized spacial score (nSPS) is 15.8. The van der Waals surface area contributed by atoms with Crippen LogP contribution in [-0.2, 0) is 0 Å². The lowest BCUT2D eigenvalue weighted by atomic mass is 9.83. The average molecular weight is 230 g/mol. The zero-order valence-electron chi connectivity index (χ0n) is 9.37. The zero-order valence-corrected chi connectivity index (χ0v) is 9.37. The molecule has 3 N–H and O–H groups in total. The Balaban J connectivity index is 2.04. The van der Waals surface area contributed by atoms with Gasteiger partial charge in [-0.2, -0.15) is 4.68 Å². The maximum atomic E-state index is 9.76. The molecule has 0 spiro atoms. The molecule has 3 rings (SSSR count). The van der Waals surface area contributed by atoms with Gasteiger partial charge in [-0.05, 0) is 25.0 Å². The second kappa shape index (κ2) is 3.76. The summed E-state index contributed by atoms with van der Waals surface area (Å²) < 4.78 is 1.50. The maximum absolute atomic E-state index is 9.76. The van der Waals surface area contributed by atoms with Crippen LogP contribution in [0, 0.1) is 0 Å². The first-order chi connectivity index (χ1) is 8.27. The van der Waals surface area contributed by atoms with Crippen molar-refractivity contribution in [1.29, 1.82) is 0 Å². The number of nitrogens with zero attached hydrogens (tertiary/aromatic N) is 3. The number of benzene rings is 1. The molecule has 0 amide bonds. The van der Waals surface area contributed by atoms with E-state index in [1.54, 1.807) is 18.2 Å². The van der Waals surface area contributed by atoms with Crippen molar-refractivity contribution in [2.75, 3.05) is 5.73 Å². The lowest BCUT2D eigenvalue weighted by Gasteiger charge is -2.23. The summed E-state index contributed by atoms with van der Waals surface area (Å²) in [5.41, 5.74) is 7.47. The summed E-state index contributed by atoms with van der Waals surface area (Å²) in [4.78, 5) is 0. The number of nitrogens with two attached hydrogens (primary N) is 1. The fourth-order valence-electron chi connectivity index (χ4n) is 2.09. The van der Waals surface area contributed by atoms with Gasteiger partial charge in [0.2, 0.25) is 0 Å². The highest BCUT2D eigenvalue weighted by molar-refractivity contribution is 5.52. The molecule has 5 heteroatoms. The van der Waals surface area contributed by atoms with E-state index in [4.69, 9.17) is 5.73 Å². The second-order valence-electron chi connectivity index (χ2n) is 4.39. The Morgan fingerprint density at radius 3 is 2.71 bits per heavy atom. The predicted octanol–water partition coefficient (Wildman–Crippen LogP) is 1.82. The monoisotopic (exact) mass is 230 g/mol. The minimum Gasteiger partial charge on any atom is -0.506 e. The van der Waals surface area contributed by atoms with Gasteiger partial charge in [0.25, 0.3) is 0 Å². The number of phenols is 1. The van der Waals surface area contributed by atoms with Crippen LogP contribution in [0.25, 0.3) is 5.69 Å². The van der Waals surface area contributed by atoms with Crippen LogP contribution in [0.1, 0.15) is 30.9 Å². The standard InChI is InChI=1S/C12H14N4O/c13-12-11(8-4-3-5-8)14-15-16(12)9-6-1-2-7-10(9)17/h1-2,6-8,17H,3-5,13H2. The van der Waals surface area contributed by atoms with Gasteiger partial charge in [-0.3, -0.25) is 0 Å². The summed E-state index contributed by atoms with van der Waals surface area (Å²) in [5.74, 6) is 1.13. The summed E-state index contributed by atoms with van der Waals surface area (Å²) in [6.07, 6.45) is 3.49. The quantitative estimate of drug-likeness (QED) is 0.825. The van der Waals surface area contributed by atoms with Crippen LogP contribution in [-0.4, -0.2) is 20.1 Å². The number of nitrogen functional groups attached to an aromatic ring is 1. The molecule has 5 nitrogen and oxygen atoms in total. The summed E-state index contributed by atoms with van der Waals surface area (Å²) in [5, 5.41) is 17.9. The van der Waals surface area contributed by atoms with Crippen LogP contribution in [0.4, 0.5) is 5.82 Å². The molecule has 0 saturated heterocycles. The van der Waals surface area contributed by atoms with Gasteiger partial charge in [0.15, 0.2) is 5.82 Å². The van der Waals surface area contributed by atoms with E-state index in [0.29, 0.717) is 17.4 Å². The fourth-order valence-corrected chi connectivity index (χ4v) is 2.09. The van der Waals surface area contributed by atoms with Crippen molar-refractivity contribution in [3.63, 3.8) is 0 Å². The molecule has 0 bridgehead atoms. The first-order valence-corrected chi connectivity index (χ1v) is 5.77. The molecule has 1 aromatic heterocycles. The molecule has 0 aliphatic heterocycles. The summed E-state index contributed by atoms with van der Waals surface area (Å²) in [6, 6.07) is 6.97. The fraction of sp³-hybridized carbons (Fsp3) is 0.333. The van der Waals surface area contributed by atoms with E-state index in [1.165, 1.54) is 11.1 Å². The average Bonchev–Trinajstić information content (AvgIpc) is 2.60. The molecule has 0 unspecified atom stereocenters. The van der Waals surface area contributed by atoms with Crippen LogP contribution in [0.3, 0.4) is 0 Å². The predicted molar refractivity (Wildman–Crippen MR) is 64.0 cm³/mol. The van der Waals surface area contributed by atoms with Gasteiger partial charge in [0, 0.05) is 5.92 Å². The smallest absolute Gasteiger partial charge is 0.151 e. The van der Waals surface area contributed by atoms with Gasteiger partial charge in [-0.15, -0.1) is 5.10 Å². The van der Waals surface area contributed by atoms with Crippen LogP contribution >= 0.6 is 0 Å². The van der Waals surface area contributed by atoms with E-state index in [9.17, 15) is 5.11 Å². The van der Waals surface area contributed by atoms with Gasteiger partial charge in [0.05, 0.1) is 0 Å². The van der Waals surface area contributed by atoms with Gasteiger partial charge >= 0.3 is 0 Å². The van der Waals surface area contributed by atoms with Gasteiger partial charge in [0.1, 0.15) is 17.1 Å². The number of hydrogen-bond donors (Lipinski definition) is 2. The Bertz CT molecular complexity index is 545. The molecule has 0 atom stereocenters. The minimum atomic E-state index is 0.157. The first kappa shape index (κ1) is 10.1. The van der Waals surface area contributed by atoms with Crippen molar-refractivity contribution in [3.05, 3.63) is 30.0 Å². The van der Waals surface area contributed by atoms with Crippen LogP contribution < -0.4 is 5.73 Å². The number of aromatic hydroxyl groups is 1. The van der Waals surface area contributed by atoms with Crippen molar-refractivity contribution >= 4 is 5.82 Å². The third-order valence-electron chi connectivity index (χ3n) is 3.33. The van der Waals surface area contributed by atoms with Gasteiger partial charge in [-0.25, -0.2) is 0 Å². The second-order valence-corrected chi connectivity index (χ2v) is 4.39. The van der Waals surface area contributed by atoms with Crippen molar-refractivity contribution in [2.24, 2.45) is 0 Å². The van der Waals surface area contributed by atoms with E-state index < -0.39 is 0 Å². The molecule has 2 aromatic rings. The zero-order chi connectivity index (χ0) is 11.8. The molecular formula is C12H14N4O. The molecule has 88 valence electrons. The van der Waals surface area contributed by atoms with Crippen LogP contribution in [0.2, 0.25) is 0 Å². The molecule has 1 saturated carbocycles. The molecule has 1 fully saturated rings. The maximum Gasteiger partial charge on any atom is 0.151 e. The molecular weight excluding hydrogens is 216 g/mol. The number of para-hydroxylation sites is 2. The molecule has 1 aliphatic carbocycles. The number of hydrogen-bond acceptors (Lipinski definition) is 4. The van der Waals surface area contributed by atoms with E-state index in [-0.39, 0.29) is 5.75 Å². The molecule has 1 aromatic carbocycles. The van der Waals surface area contributed by atoms with Gasteiger partial charge in [-0.1, -0.05) is 23.8 Å². The SMILES string of the molecule is Nc1c(C2CCC2)nnn1-c1ccccc1O. The highest BCUT2D eigenvalue weighted by atomic mass is 16.3. The lowest BCUT2D eigenvalue weighted by Crippen LogP contribution is -2.12. The Kier molecular flexibility index (Phi) is 2.24. The Hall–Kier alpha value is -2.04. The van der Waals surface area contributed by atoms with Crippen molar-refractivity contribution in [2.45, 2.75) is 25.2 Å². The topological polar surface area (TPSA) is 77.0 Å². The van der Waals surface area contributed by atoms with E-state index in [1.807, 2.05) is 6.07 Å². The summed E-state index contributed by atoms with van der Waals surface area (Å²) in [7, 11) is 0. The number of phenolic OH excluding ortho intramolecular Hbond substituents is 1. The van der Waals surface area contributed by atoms with Crippen molar-refractivity contribution < 1.29 is 5.11 Å². The Morgan fingerprint density at radius 2 is 2.06 bits per heavy atom. The van der Waals surface area contributed by atoms with Crippen molar-refractivity contribution in [3.8, 4) is 11.4 Å². The summed E-state index contributed by atoms with van der Waals surface area (Å²) in [6.45, 7) is 0. The third-order valence-corrected chi connectivity index (χ3v) is 3.33. The molecule has 0 radical (unpaired) electrons. The third kappa shape index (κ3) is 1.54. The number of aromatic nitrogens is 3. The highest BCUT2D eigenvalue weighted by Crippen LogP contribution is 2.38. The largest absolute Gasteiger partial charge is 0.506 e. The highest BCUT2D eigenvalue weighted by Gasteiger charge is 2.26. The lowest BCUT2D eigenvalue weighted by molar-refractivity contribution is 0.411. The van der Waals surface area contributed by atoms with E-state index in [0.717, 1.165) is 18.5 Å². The minimum absolute atomic E-state index is 0.157. The summed E-state index contributed by atoms with van der Waals surface area (Å²) >= 11 is 0.